The predicted octanol–water partition coefficient (Wildman–Crippen LogP) is 3.18. The molecule has 0 aliphatic rings. The summed E-state index contributed by atoms with van der Waals surface area (Å²) in [6, 6.07) is 8.31. The molecule has 0 saturated heterocycles. The maximum atomic E-state index is 10.8. The monoisotopic (exact) mass is 248 g/mol. The minimum absolute atomic E-state index is 0.0898. The van der Waals surface area contributed by atoms with Crippen LogP contribution < -0.4 is 5.32 Å². The van der Waals surface area contributed by atoms with Crippen molar-refractivity contribution in [3.05, 3.63) is 53.3 Å². The molecule has 0 atom stereocenters. The fraction of sp³-hybridized carbons (Fsp3) is 0. The molecule has 0 bridgehead atoms. The van der Waals surface area contributed by atoms with Crippen LogP contribution in [0.1, 0.15) is 10.4 Å². The molecule has 5 heteroatoms. The van der Waals surface area contributed by atoms with E-state index in [0.717, 1.165) is 11.4 Å². The first kappa shape index (κ1) is 11.4. The Morgan fingerprint density at radius 1 is 1.18 bits per heavy atom. The number of hydrogen-bond donors (Lipinski definition) is 2. The van der Waals surface area contributed by atoms with E-state index < -0.39 is 5.97 Å². The summed E-state index contributed by atoms with van der Waals surface area (Å²) in [6.07, 6.45) is 3.32. The van der Waals surface area contributed by atoms with E-state index in [2.05, 4.69) is 10.3 Å². The number of nitrogens with one attached hydrogen (secondary N) is 1. The number of rotatable bonds is 3. The number of pyridine rings is 1. The Morgan fingerprint density at radius 3 is 2.47 bits per heavy atom. The molecular formula is C12H9ClN2O2. The van der Waals surface area contributed by atoms with Crippen LogP contribution in [0.5, 0.6) is 0 Å². The highest BCUT2D eigenvalue weighted by Gasteiger charge is 2.08. The van der Waals surface area contributed by atoms with E-state index in [-0.39, 0.29) is 10.6 Å². The summed E-state index contributed by atoms with van der Waals surface area (Å²) in [7, 11) is 0. The van der Waals surface area contributed by atoms with Crippen molar-refractivity contribution in [3.63, 3.8) is 0 Å². The highest BCUT2D eigenvalue weighted by molar-refractivity contribution is 6.33. The molecule has 17 heavy (non-hydrogen) atoms. The average molecular weight is 249 g/mol. The van der Waals surface area contributed by atoms with E-state index in [0.29, 0.717) is 0 Å². The molecule has 1 aromatic carbocycles. The Morgan fingerprint density at radius 2 is 1.88 bits per heavy atom. The molecule has 0 aliphatic heterocycles. The molecule has 2 rings (SSSR count). The van der Waals surface area contributed by atoms with Gasteiger partial charge < -0.3 is 10.4 Å². The molecule has 0 unspecified atom stereocenters. The number of carboxylic acids is 1. The van der Waals surface area contributed by atoms with Gasteiger partial charge >= 0.3 is 5.97 Å². The Hall–Kier alpha value is -2.07. The summed E-state index contributed by atoms with van der Waals surface area (Å²) < 4.78 is 0. The van der Waals surface area contributed by atoms with Gasteiger partial charge in [0, 0.05) is 23.8 Å². The van der Waals surface area contributed by atoms with Gasteiger partial charge in [-0.05, 0) is 30.3 Å². The van der Waals surface area contributed by atoms with Crippen LogP contribution >= 0.6 is 11.6 Å². The smallest absolute Gasteiger partial charge is 0.337 e. The lowest BCUT2D eigenvalue weighted by molar-refractivity contribution is 0.0697. The van der Waals surface area contributed by atoms with Gasteiger partial charge in [-0.25, -0.2) is 4.79 Å². The summed E-state index contributed by atoms with van der Waals surface area (Å²) in [6.45, 7) is 0. The van der Waals surface area contributed by atoms with Gasteiger partial charge in [-0.15, -0.1) is 0 Å². The minimum atomic E-state index is -1.04. The third-order valence-electron chi connectivity index (χ3n) is 2.17. The van der Waals surface area contributed by atoms with E-state index in [1.807, 2.05) is 0 Å². The second-order valence-electron chi connectivity index (χ2n) is 3.36. The number of aromatic nitrogens is 1. The number of aromatic carboxylic acids is 1. The molecule has 0 fully saturated rings. The first-order chi connectivity index (χ1) is 8.16. The summed E-state index contributed by atoms with van der Waals surface area (Å²) in [5.41, 5.74) is 1.68. The fourth-order valence-electron chi connectivity index (χ4n) is 1.37. The minimum Gasteiger partial charge on any atom is -0.478 e. The molecule has 0 radical (unpaired) electrons. The van der Waals surface area contributed by atoms with Crippen LogP contribution in [0.4, 0.5) is 11.4 Å². The van der Waals surface area contributed by atoms with Crippen molar-refractivity contribution in [2.24, 2.45) is 0 Å². The van der Waals surface area contributed by atoms with E-state index in [1.54, 1.807) is 36.7 Å². The topological polar surface area (TPSA) is 62.2 Å². The third-order valence-corrected chi connectivity index (χ3v) is 2.48. The van der Waals surface area contributed by atoms with Gasteiger partial charge in [-0.1, -0.05) is 11.6 Å². The largest absolute Gasteiger partial charge is 0.478 e. The Bertz CT molecular complexity index is 543. The average Bonchev–Trinajstić information content (AvgIpc) is 2.30. The van der Waals surface area contributed by atoms with Crippen LogP contribution in [0.2, 0.25) is 5.02 Å². The van der Waals surface area contributed by atoms with E-state index in [9.17, 15) is 4.79 Å². The first-order valence-electron chi connectivity index (χ1n) is 4.87. The summed E-state index contributed by atoms with van der Waals surface area (Å²) in [5, 5.41) is 12.1. The number of benzene rings is 1. The van der Waals surface area contributed by atoms with Crippen LogP contribution in [0.15, 0.2) is 42.7 Å². The maximum Gasteiger partial charge on any atom is 0.337 e. The molecule has 1 heterocycles. The highest BCUT2D eigenvalue weighted by Crippen LogP contribution is 2.23. The molecule has 0 saturated carbocycles. The number of carboxylic acid groups (broad SMARTS) is 1. The number of nitrogens with zero attached hydrogens (tertiary/aromatic N) is 1. The van der Waals surface area contributed by atoms with Crippen LogP contribution in [-0.2, 0) is 0 Å². The molecule has 1 aromatic heterocycles. The van der Waals surface area contributed by atoms with Gasteiger partial charge in [0.05, 0.1) is 10.6 Å². The maximum absolute atomic E-state index is 10.8. The van der Waals surface area contributed by atoms with Crippen molar-refractivity contribution in [3.8, 4) is 0 Å². The van der Waals surface area contributed by atoms with E-state index in [4.69, 9.17) is 16.7 Å². The van der Waals surface area contributed by atoms with Gasteiger partial charge in [-0.2, -0.15) is 0 Å². The lowest BCUT2D eigenvalue weighted by atomic mass is 10.2. The molecular weight excluding hydrogens is 240 g/mol. The summed E-state index contributed by atoms with van der Waals surface area (Å²) in [4.78, 5) is 14.7. The zero-order valence-electron chi connectivity index (χ0n) is 8.72. The standard InChI is InChI=1S/C12H9ClN2O2/c13-11-7-9(1-2-10(11)12(16)17)15-8-3-5-14-6-4-8/h1-7H,(H,14,15)(H,16,17). The molecule has 0 spiro atoms. The Kier molecular flexibility index (Phi) is 3.25. The molecule has 2 N–H and O–H groups in total. The highest BCUT2D eigenvalue weighted by atomic mass is 35.5. The lowest BCUT2D eigenvalue weighted by Crippen LogP contribution is -1.98. The van der Waals surface area contributed by atoms with Crippen molar-refractivity contribution in [1.29, 1.82) is 0 Å². The van der Waals surface area contributed by atoms with Gasteiger partial charge in [0.1, 0.15) is 0 Å². The SMILES string of the molecule is O=C(O)c1ccc(Nc2ccncc2)cc1Cl. The van der Waals surface area contributed by atoms with Crippen molar-refractivity contribution < 1.29 is 9.90 Å². The Balaban J connectivity index is 2.24. The van der Waals surface area contributed by atoms with E-state index in [1.165, 1.54) is 6.07 Å². The number of halogens is 1. The molecule has 0 aliphatic carbocycles. The van der Waals surface area contributed by atoms with Crippen molar-refractivity contribution >= 4 is 28.9 Å². The normalized spacial score (nSPS) is 9.94. The summed E-state index contributed by atoms with van der Waals surface area (Å²) in [5.74, 6) is -1.04. The fourth-order valence-corrected chi connectivity index (χ4v) is 1.63. The molecule has 4 nitrogen and oxygen atoms in total. The molecule has 0 amide bonds. The van der Waals surface area contributed by atoms with E-state index >= 15 is 0 Å². The van der Waals surface area contributed by atoms with Crippen LogP contribution in [0.3, 0.4) is 0 Å². The van der Waals surface area contributed by atoms with Crippen LogP contribution in [0, 0.1) is 0 Å². The predicted molar refractivity (Wildman–Crippen MR) is 65.9 cm³/mol. The molecule has 86 valence electrons. The van der Waals surface area contributed by atoms with Gasteiger partial charge in [-0.3, -0.25) is 4.98 Å². The zero-order chi connectivity index (χ0) is 12.3. The number of hydrogen-bond acceptors (Lipinski definition) is 3. The molecule has 2 aromatic rings. The van der Waals surface area contributed by atoms with Crippen LogP contribution in [-0.4, -0.2) is 16.1 Å². The second-order valence-corrected chi connectivity index (χ2v) is 3.77. The summed E-state index contributed by atoms with van der Waals surface area (Å²) >= 11 is 5.86. The van der Waals surface area contributed by atoms with Crippen molar-refractivity contribution in [2.75, 3.05) is 5.32 Å². The van der Waals surface area contributed by atoms with Crippen molar-refractivity contribution in [2.45, 2.75) is 0 Å². The van der Waals surface area contributed by atoms with Gasteiger partial charge in [0.25, 0.3) is 0 Å². The number of anilines is 2. The van der Waals surface area contributed by atoms with Crippen molar-refractivity contribution in [1.82, 2.24) is 4.98 Å². The van der Waals surface area contributed by atoms with Gasteiger partial charge in [0.15, 0.2) is 0 Å². The second kappa shape index (κ2) is 4.84. The zero-order valence-corrected chi connectivity index (χ0v) is 9.48. The van der Waals surface area contributed by atoms with Crippen LogP contribution in [0.25, 0.3) is 0 Å². The Labute approximate surface area is 103 Å². The lowest BCUT2D eigenvalue weighted by Gasteiger charge is -2.07. The third kappa shape index (κ3) is 2.73. The number of carbonyl (C=O) groups is 1. The quantitative estimate of drug-likeness (QED) is 0.876. The van der Waals surface area contributed by atoms with Gasteiger partial charge in [0.2, 0.25) is 0 Å². The first-order valence-corrected chi connectivity index (χ1v) is 5.24.